The number of benzene rings is 1. The quantitative estimate of drug-likeness (QED) is 0.786. The third kappa shape index (κ3) is 3.97. The molecule has 1 aromatic carbocycles. The van der Waals surface area contributed by atoms with Gasteiger partial charge in [0.25, 0.3) is 0 Å². The molecule has 1 aliphatic rings. The number of hydrogen-bond donors (Lipinski definition) is 3. The molecule has 1 aromatic rings. The lowest BCUT2D eigenvalue weighted by molar-refractivity contribution is -0.116. The fourth-order valence-corrected chi connectivity index (χ4v) is 2.51. The number of anilines is 2. The Morgan fingerprint density at radius 1 is 1.58 bits per heavy atom. The summed E-state index contributed by atoms with van der Waals surface area (Å²) >= 11 is 1.48. The fourth-order valence-electron chi connectivity index (χ4n) is 1.72. The van der Waals surface area contributed by atoms with Crippen LogP contribution in [0.5, 0.6) is 0 Å². The molecule has 5 nitrogen and oxygen atoms in total. The van der Waals surface area contributed by atoms with Crippen LogP contribution in [0.3, 0.4) is 0 Å². The zero-order valence-corrected chi connectivity index (χ0v) is 11.4. The molecule has 1 atom stereocenters. The van der Waals surface area contributed by atoms with Gasteiger partial charge < -0.3 is 15.7 Å². The Bertz CT molecular complexity index is 503. The van der Waals surface area contributed by atoms with E-state index in [1.165, 1.54) is 11.8 Å². The van der Waals surface area contributed by atoms with E-state index < -0.39 is 6.10 Å². The van der Waals surface area contributed by atoms with Crippen LogP contribution in [-0.2, 0) is 9.59 Å². The van der Waals surface area contributed by atoms with E-state index in [-0.39, 0.29) is 18.2 Å². The largest absolute Gasteiger partial charge is 0.393 e. The highest BCUT2D eigenvalue weighted by Crippen LogP contribution is 2.33. The molecule has 2 amide bonds. The lowest BCUT2D eigenvalue weighted by atomic mass is 10.2. The molecule has 0 aromatic heterocycles. The summed E-state index contributed by atoms with van der Waals surface area (Å²) < 4.78 is 0. The molecule has 1 heterocycles. The van der Waals surface area contributed by atoms with Crippen molar-refractivity contribution in [2.45, 2.75) is 30.8 Å². The number of fused-ring (bicyclic) bond motifs is 1. The molecule has 3 N–H and O–H groups in total. The summed E-state index contributed by atoms with van der Waals surface area (Å²) in [6.45, 7) is 1.65. The summed E-state index contributed by atoms with van der Waals surface area (Å²) in [4.78, 5) is 23.9. The summed E-state index contributed by atoms with van der Waals surface area (Å²) in [7, 11) is 0. The van der Waals surface area contributed by atoms with Gasteiger partial charge in [-0.05, 0) is 31.5 Å². The van der Waals surface area contributed by atoms with Gasteiger partial charge in [0.15, 0.2) is 0 Å². The Kier molecular flexibility index (Phi) is 4.44. The molecule has 0 saturated heterocycles. The minimum absolute atomic E-state index is 0.0323. The van der Waals surface area contributed by atoms with E-state index in [4.69, 9.17) is 5.11 Å². The highest BCUT2D eigenvalue weighted by Gasteiger charge is 2.15. The van der Waals surface area contributed by atoms with Gasteiger partial charge in [-0.15, -0.1) is 11.8 Å². The van der Waals surface area contributed by atoms with Crippen LogP contribution in [0.1, 0.15) is 19.8 Å². The van der Waals surface area contributed by atoms with Gasteiger partial charge in [-0.1, -0.05) is 0 Å². The van der Waals surface area contributed by atoms with Crippen LogP contribution >= 0.6 is 11.8 Å². The van der Waals surface area contributed by atoms with Crippen molar-refractivity contribution in [1.29, 1.82) is 0 Å². The number of rotatable bonds is 4. The fraction of sp³-hybridized carbons (Fsp3) is 0.385. The molecule has 0 bridgehead atoms. The maximum absolute atomic E-state index is 11.6. The van der Waals surface area contributed by atoms with Crippen LogP contribution in [0.4, 0.5) is 11.4 Å². The first-order valence-corrected chi connectivity index (χ1v) is 7.08. The van der Waals surface area contributed by atoms with Crippen LogP contribution in [0.15, 0.2) is 23.1 Å². The standard InChI is InChI=1S/C13H16N2O3S/c1-8(16)2-5-12(17)14-9-3-4-11-10(6-9)15-13(18)7-19-11/h3-4,6,8,16H,2,5,7H2,1H3,(H,14,17)(H,15,18). The van der Waals surface area contributed by atoms with E-state index in [9.17, 15) is 9.59 Å². The lowest BCUT2D eigenvalue weighted by Crippen LogP contribution is -2.19. The first-order valence-electron chi connectivity index (χ1n) is 6.09. The number of aliphatic hydroxyl groups is 1. The van der Waals surface area contributed by atoms with E-state index in [1.807, 2.05) is 12.1 Å². The van der Waals surface area contributed by atoms with Crippen LogP contribution < -0.4 is 10.6 Å². The van der Waals surface area contributed by atoms with Crippen LogP contribution in [-0.4, -0.2) is 28.8 Å². The number of aliphatic hydroxyl groups excluding tert-OH is 1. The normalized spacial score (nSPS) is 15.4. The molecular weight excluding hydrogens is 264 g/mol. The summed E-state index contributed by atoms with van der Waals surface area (Å²) in [6.07, 6.45) is 0.226. The second-order valence-electron chi connectivity index (χ2n) is 4.48. The van der Waals surface area contributed by atoms with Crippen LogP contribution in [0.2, 0.25) is 0 Å². The van der Waals surface area contributed by atoms with Crippen molar-refractivity contribution in [2.24, 2.45) is 0 Å². The Morgan fingerprint density at radius 2 is 2.37 bits per heavy atom. The molecule has 1 unspecified atom stereocenters. The molecule has 0 saturated carbocycles. The lowest BCUT2D eigenvalue weighted by Gasteiger charge is -2.17. The van der Waals surface area contributed by atoms with Crippen molar-refractivity contribution in [3.05, 3.63) is 18.2 Å². The molecule has 102 valence electrons. The van der Waals surface area contributed by atoms with Crippen LogP contribution in [0, 0.1) is 0 Å². The third-order valence-corrected chi connectivity index (χ3v) is 3.76. The predicted octanol–water partition coefficient (Wildman–Crippen LogP) is 1.83. The van der Waals surface area contributed by atoms with Gasteiger partial charge in [-0.25, -0.2) is 0 Å². The summed E-state index contributed by atoms with van der Waals surface area (Å²) in [5, 5.41) is 14.6. The van der Waals surface area contributed by atoms with E-state index in [0.29, 0.717) is 17.9 Å². The number of carbonyl (C=O) groups excluding carboxylic acids is 2. The van der Waals surface area contributed by atoms with Crippen molar-refractivity contribution in [2.75, 3.05) is 16.4 Å². The maximum Gasteiger partial charge on any atom is 0.234 e. The zero-order chi connectivity index (χ0) is 13.8. The maximum atomic E-state index is 11.6. The topological polar surface area (TPSA) is 78.4 Å². The first kappa shape index (κ1) is 13.9. The third-order valence-electron chi connectivity index (χ3n) is 2.69. The molecule has 2 rings (SSSR count). The Hall–Kier alpha value is -1.53. The predicted molar refractivity (Wildman–Crippen MR) is 75.3 cm³/mol. The summed E-state index contributed by atoms with van der Waals surface area (Å²) in [6, 6.07) is 5.44. The number of carbonyl (C=O) groups is 2. The van der Waals surface area contributed by atoms with Crippen molar-refractivity contribution in [3.8, 4) is 0 Å². The average molecular weight is 280 g/mol. The van der Waals surface area contributed by atoms with E-state index >= 15 is 0 Å². The zero-order valence-electron chi connectivity index (χ0n) is 10.6. The monoisotopic (exact) mass is 280 g/mol. The molecular formula is C13H16N2O3S. The number of nitrogens with one attached hydrogen (secondary N) is 2. The van der Waals surface area contributed by atoms with Crippen molar-refractivity contribution in [1.82, 2.24) is 0 Å². The van der Waals surface area contributed by atoms with E-state index in [1.54, 1.807) is 13.0 Å². The van der Waals surface area contributed by atoms with Gasteiger partial charge in [0, 0.05) is 17.0 Å². The first-order chi connectivity index (χ1) is 9.04. The van der Waals surface area contributed by atoms with Crippen LogP contribution in [0.25, 0.3) is 0 Å². The Morgan fingerprint density at radius 3 is 3.11 bits per heavy atom. The van der Waals surface area contributed by atoms with Gasteiger partial charge in [0.1, 0.15) is 0 Å². The van der Waals surface area contributed by atoms with Gasteiger partial charge in [-0.2, -0.15) is 0 Å². The molecule has 6 heteroatoms. The summed E-state index contributed by atoms with van der Waals surface area (Å²) in [5.74, 6) is 0.248. The van der Waals surface area contributed by atoms with E-state index in [0.717, 1.165) is 10.6 Å². The van der Waals surface area contributed by atoms with Gasteiger partial charge in [0.05, 0.1) is 17.5 Å². The Balaban J connectivity index is 2.00. The highest BCUT2D eigenvalue weighted by atomic mass is 32.2. The van der Waals surface area contributed by atoms with Crippen molar-refractivity contribution < 1.29 is 14.7 Å². The highest BCUT2D eigenvalue weighted by molar-refractivity contribution is 8.00. The molecule has 1 aliphatic heterocycles. The van der Waals surface area contributed by atoms with Gasteiger partial charge in [0.2, 0.25) is 11.8 Å². The van der Waals surface area contributed by atoms with Gasteiger partial charge in [-0.3, -0.25) is 9.59 Å². The van der Waals surface area contributed by atoms with E-state index in [2.05, 4.69) is 10.6 Å². The van der Waals surface area contributed by atoms with Gasteiger partial charge >= 0.3 is 0 Å². The minimum atomic E-state index is -0.482. The second kappa shape index (κ2) is 6.08. The smallest absolute Gasteiger partial charge is 0.234 e. The number of thioether (sulfide) groups is 1. The summed E-state index contributed by atoms with van der Waals surface area (Å²) in [5.41, 5.74) is 1.38. The Labute approximate surface area is 115 Å². The van der Waals surface area contributed by atoms with Crippen molar-refractivity contribution in [3.63, 3.8) is 0 Å². The second-order valence-corrected chi connectivity index (χ2v) is 5.50. The molecule has 0 aliphatic carbocycles. The number of amides is 2. The SMILES string of the molecule is CC(O)CCC(=O)Nc1ccc2c(c1)NC(=O)CS2. The number of hydrogen-bond acceptors (Lipinski definition) is 4. The molecule has 0 spiro atoms. The molecule has 19 heavy (non-hydrogen) atoms. The average Bonchev–Trinajstić information content (AvgIpc) is 2.36. The molecule has 0 radical (unpaired) electrons. The minimum Gasteiger partial charge on any atom is -0.393 e. The molecule has 0 fully saturated rings. The van der Waals surface area contributed by atoms with Crippen molar-refractivity contribution >= 4 is 35.0 Å².